The Balaban J connectivity index is 2.32. The average Bonchev–Trinajstić information content (AvgIpc) is 2.48. The zero-order valence-corrected chi connectivity index (χ0v) is 12.6. The fraction of sp³-hybridized carbons (Fsp3) is 0.125. The van der Waals surface area contributed by atoms with E-state index in [0.29, 0.717) is 22.2 Å². The molecule has 0 unspecified atom stereocenters. The topological polar surface area (TPSA) is 34.5 Å². The summed E-state index contributed by atoms with van der Waals surface area (Å²) in [4.78, 5) is 9.18. The van der Waals surface area contributed by atoms with Gasteiger partial charge in [-0.05, 0) is 23.8 Å². The number of aromatic nitrogens is 1. The summed E-state index contributed by atoms with van der Waals surface area (Å²) in [6.45, 7) is 0.0990. The number of halogens is 2. The van der Waals surface area contributed by atoms with Gasteiger partial charge in [0.2, 0.25) is 0 Å². The Hall–Kier alpha value is -2.02. The van der Waals surface area contributed by atoms with E-state index in [1.165, 1.54) is 0 Å². The zero-order valence-electron chi connectivity index (χ0n) is 11.1. The number of pyridine rings is 1. The molecule has 0 radical (unpaired) electrons. The van der Waals surface area contributed by atoms with E-state index < -0.39 is 0 Å². The first-order valence-electron chi connectivity index (χ1n) is 6.17. The van der Waals surface area contributed by atoms with E-state index in [-0.39, 0.29) is 6.61 Å². The lowest BCUT2D eigenvalue weighted by Gasteiger charge is -2.09. The maximum atomic E-state index is 6.23. The lowest BCUT2D eigenvalue weighted by Crippen LogP contribution is -2.08. The van der Waals surface area contributed by atoms with Crippen molar-refractivity contribution in [3.8, 4) is 12.3 Å². The minimum absolute atomic E-state index is 0.0990. The van der Waals surface area contributed by atoms with Crippen molar-refractivity contribution >= 4 is 28.9 Å². The smallest absolute Gasteiger partial charge is 0.177 e. The van der Waals surface area contributed by atoms with Gasteiger partial charge in [0, 0.05) is 29.4 Å². The second-order valence-electron chi connectivity index (χ2n) is 4.18. The molecule has 0 aliphatic rings. The molecule has 5 heteroatoms. The Morgan fingerprint density at radius 2 is 2.19 bits per heavy atom. The third-order valence-corrected chi connectivity index (χ3v) is 3.21. The molecule has 0 aliphatic heterocycles. The van der Waals surface area contributed by atoms with Crippen molar-refractivity contribution in [3.63, 3.8) is 0 Å². The maximum absolute atomic E-state index is 6.23. The molecule has 0 aliphatic carbocycles. The van der Waals surface area contributed by atoms with Crippen LogP contribution in [0.5, 0.6) is 0 Å². The Morgan fingerprint density at radius 1 is 1.33 bits per heavy atom. The zero-order chi connectivity index (χ0) is 15.1. The first kappa shape index (κ1) is 15.4. The third-order valence-electron chi connectivity index (χ3n) is 2.66. The first-order chi connectivity index (χ1) is 10.2. The van der Waals surface area contributed by atoms with Crippen LogP contribution in [-0.2, 0) is 11.3 Å². The lowest BCUT2D eigenvalue weighted by molar-refractivity contribution is 0.179. The van der Waals surface area contributed by atoms with Gasteiger partial charge in [-0.1, -0.05) is 46.4 Å². The summed E-state index contributed by atoms with van der Waals surface area (Å²) in [5.74, 6) is 2.37. The van der Waals surface area contributed by atoms with Crippen LogP contribution in [0.4, 0.5) is 0 Å². The van der Waals surface area contributed by atoms with Crippen molar-refractivity contribution in [2.24, 2.45) is 5.16 Å². The van der Waals surface area contributed by atoms with Gasteiger partial charge < -0.3 is 4.84 Å². The van der Waals surface area contributed by atoms with Gasteiger partial charge in [0.1, 0.15) is 0 Å². The standard InChI is InChI=1S/C16H12Cl2N2O/c1-2-8-21-20-16(9-12-4-3-7-19-11-12)14-6-5-13(17)10-15(14)18/h1,3-7,10-11H,8-9H2. The molecule has 2 aromatic rings. The van der Waals surface area contributed by atoms with Crippen molar-refractivity contribution in [2.45, 2.75) is 6.42 Å². The van der Waals surface area contributed by atoms with Gasteiger partial charge in [0.15, 0.2) is 6.61 Å². The molecule has 1 heterocycles. The average molecular weight is 319 g/mol. The number of nitrogens with zero attached hydrogens (tertiary/aromatic N) is 2. The molecule has 0 spiro atoms. The van der Waals surface area contributed by atoms with Gasteiger partial charge in [-0.25, -0.2) is 0 Å². The van der Waals surface area contributed by atoms with E-state index >= 15 is 0 Å². The summed E-state index contributed by atoms with van der Waals surface area (Å²) in [5, 5.41) is 5.16. The fourth-order valence-corrected chi connectivity index (χ4v) is 2.26. The lowest BCUT2D eigenvalue weighted by atomic mass is 10.0. The second-order valence-corrected chi connectivity index (χ2v) is 5.02. The molecule has 0 saturated carbocycles. The number of hydrogen-bond donors (Lipinski definition) is 0. The van der Waals surface area contributed by atoms with Crippen LogP contribution >= 0.6 is 23.2 Å². The molecule has 0 fully saturated rings. The van der Waals surface area contributed by atoms with Gasteiger partial charge in [0.25, 0.3) is 0 Å². The van der Waals surface area contributed by atoms with E-state index in [2.05, 4.69) is 16.1 Å². The van der Waals surface area contributed by atoms with Crippen LogP contribution in [0.3, 0.4) is 0 Å². The maximum Gasteiger partial charge on any atom is 0.177 e. The summed E-state index contributed by atoms with van der Waals surface area (Å²) in [6.07, 6.45) is 9.16. The molecule has 0 saturated heterocycles. The van der Waals surface area contributed by atoms with Crippen molar-refractivity contribution < 1.29 is 4.84 Å². The highest BCUT2D eigenvalue weighted by Crippen LogP contribution is 2.23. The monoisotopic (exact) mass is 318 g/mol. The van der Waals surface area contributed by atoms with Gasteiger partial charge >= 0.3 is 0 Å². The molecular formula is C16H12Cl2N2O. The molecule has 1 aromatic carbocycles. The van der Waals surface area contributed by atoms with Gasteiger partial charge in [0.05, 0.1) is 10.7 Å². The van der Waals surface area contributed by atoms with Crippen LogP contribution in [0.15, 0.2) is 47.9 Å². The molecule has 0 N–H and O–H groups in total. The molecule has 21 heavy (non-hydrogen) atoms. The predicted octanol–water partition coefficient (Wildman–Crippen LogP) is 3.99. The summed E-state index contributed by atoms with van der Waals surface area (Å²) >= 11 is 12.1. The Bertz CT molecular complexity index is 678. The van der Waals surface area contributed by atoms with Crippen LogP contribution in [0, 0.1) is 12.3 Å². The largest absolute Gasteiger partial charge is 0.382 e. The second kappa shape index (κ2) is 7.68. The van der Waals surface area contributed by atoms with Gasteiger partial charge in [-0.15, -0.1) is 6.42 Å². The van der Waals surface area contributed by atoms with E-state index in [9.17, 15) is 0 Å². The van der Waals surface area contributed by atoms with E-state index in [0.717, 1.165) is 11.1 Å². The number of hydrogen-bond acceptors (Lipinski definition) is 3. The molecule has 1 aromatic heterocycles. The number of rotatable bonds is 5. The summed E-state index contributed by atoms with van der Waals surface area (Å²) in [5.41, 5.74) is 2.41. The number of oxime groups is 1. The number of benzene rings is 1. The van der Waals surface area contributed by atoms with Crippen molar-refractivity contribution in [2.75, 3.05) is 6.61 Å². The van der Waals surface area contributed by atoms with E-state index in [1.807, 2.05) is 12.1 Å². The van der Waals surface area contributed by atoms with Crippen LogP contribution in [0.2, 0.25) is 10.0 Å². The van der Waals surface area contributed by atoms with Crippen LogP contribution in [0.25, 0.3) is 0 Å². The molecule has 106 valence electrons. The number of terminal acetylenes is 1. The van der Waals surface area contributed by atoms with Crippen LogP contribution in [0.1, 0.15) is 11.1 Å². The fourth-order valence-electron chi connectivity index (χ4n) is 1.74. The minimum atomic E-state index is 0.0990. The molecule has 0 bridgehead atoms. The SMILES string of the molecule is C#CCON=C(Cc1cccnc1)c1ccc(Cl)cc1Cl. The van der Waals surface area contributed by atoms with E-state index in [1.54, 1.807) is 30.6 Å². The molecule has 2 rings (SSSR count). The predicted molar refractivity (Wildman–Crippen MR) is 85.7 cm³/mol. The van der Waals surface area contributed by atoms with Gasteiger partial charge in [-0.2, -0.15) is 0 Å². The summed E-state index contributed by atoms with van der Waals surface area (Å²) < 4.78 is 0. The van der Waals surface area contributed by atoms with Crippen molar-refractivity contribution in [3.05, 3.63) is 63.9 Å². The molecular weight excluding hydrogens is 307 g/mol. The third kappa shape index (κ3) is 4.49. The first-order valence-corrected chi connectivity index (χ1v) is 6.93. The van der Waals surface area contributed by atoms with Gasteiger partial charge in [-0.3, -0.25) is 4.98 Å². The van der Waals surface area contributed by atoms with E-state index in [4.69, 9.17) is 34.5 Å². The molecule has 3 nitrogen and oxygen atoms in total. The highest BCUT2D eigenvalue weighted by atomic mass is 35.5. The quantitative estimate of drug-likeness (QED) is 0.361. The highest BCUT2D eigenvalue weighted by molar-refractivity contribution is 6.37. The Morgan fingerprint density at radius 3 is 2.86 bits per heavy atom. The van der Waals surface area contributed by atoms with Crippen molar-refractivity contribution in [1.29, 1.82) is 0 Å². The molecule has 0 amide bonds. The summed E-state index contributed by atoms with van der Waals surface area (Å²) in [6, 6.07) is 9.03. The summed E-state index contributed by atoms with van der Waals surface area (Å²) in [7, 11) is 0. The normalized spacial score (nSPS) is 11.0. The highest BCUT2D eigenvalue weighted by Gasteiger charge is 2.11. The minimum Gasteiger partial charge on any atom is -0.382 e. The molecule has 0 atom stereocenters. The Labute approximate surface area is 133 Å². The van der Waals surface area contributed by atoms with Crippen molar-refractivity contribution in [1.82, 2.24) is 4.98 Å². The van der Waals surface area contributed by atoms with Crippen LogP contribution < -0.4 is 0 Å². The Kier molecular flexibility index (Phi) is 5.62. The van der Waals surface area contributed by atoms with Crippen LogP contribution in [-0.4, -0.2) is 17.3 Å².